The van der Waals surface area contributed by atoms with Crippen molar-refractivity contribution in [2.75, 3.05) is 7.11 Å². The Hall–Kier alpha value is -2.14. The van der Waals surface area contributed by atoms with Gasteiger partial charge >= 0.3 is 0 Å². The van der Waals surface area contributed by atoms with Crippen LogP contribution in [0.25, 0.3) is 0 Å². The van der Waals surface area contributed by atoms with Gasteiger partial charge in [-0.05, 0) is 48.0 Å². The van der Waals surface area contributed by atoms with E-state index in [0.717, 1.165) is 17.1 Å². The largest absolute Gasteiger partial charge is 0.497 e. The van der Waals surface area contributed by atoms with Crippen LogP contribution in [0.1, 0.15) is 5.56 Å². The standard InChI is InChI=1S/C14H12O2/c1-15-13-7-9-14(10-8-13)16-11-12-5-3-2-4-6-12/h3,5-10H,11H2,1H3. The van der Waals surface area contributed by atoms with Crippen LogP contribution in [0.4, 0.5) is 0 Å². The highest BCUT2D eigenvalue weighted by atomic mass is 16.5. The zero-order valence-corrected chi connectivity index (χ0v) is 9.07. The number of rotatable bonds is 4. The maximum absolute atomic E-state index is 5.60. The van der Waals surface area contributed by atoms with E-state index < -0.39 is 0 Å². The number of methoxy groups -OCH3 is 1. The Morgan fingerprint density at radius 3 is 2.38 bits per heavy atom. The molecule has 0 fully saturated rings. The Morgan fingerprint density at radius 1 is 1.00 bits per heavy atom. The van der Waals surface area contributed by atoms with Crippen molar-refractivity contribution in [1.29, 1.82) is 0 Å². The Balaban J connectivity index is 1.94. The molecule has 0 amide bonds. The fourth-order valence-corrected chi connectivity index (χ4v) is 1.31. The fraction of sp³-hybridized carbons (Fsp3) is 0.143. The van der Waals surface area contributed by atoms with E-state index in [1.54, 1.807) is 7.11 Å². The zero-order chi connectivity index (χ0) is 11.2. The molecule has 0 saturated heterocycles. The highest BCUT2D eigenvalue weighted by Crippen LogP contribution is 2.17. The van der Waals surface area contributed by atoms with Crippen LogP contribution in [0, 0.1) is 12.1 Å². The maximum Gasteiger partial charge on any atom is 0.120 e. The molecule has 80 valence electrons. The Bertz CT molecular complexity index is 420. The number of ether oxygens (including phenoxy) is 2. The Labute approximate surface area is 95.4 Å². The molecule has 0 spiro atoms. The van der Waals surface area contributed by atoms with Crippen molar-refractivity contribution in [2.24, 2.45) is 0 Å². The number of hydrogen-bond donors (Lipinski definition) is 0. The van der Waals surface area contributed by atoms with E-state index >= 15 is 0 Å². The number of benzene rings is 1. The monoisotopic (exact) mass is 212 g/mol. The first-order valence-electron chi connectivity index (χ1n) is 5.02. The molecule has 2 heteroatoms. The molecule has 0 radical (unpaired) electrons. The molecule has 0 bridgehead atoms. The molecule has 0 atom stereocenters. The van der Waals surface area contributed by atoms with Gasteiger partial charge in [-0.1, -0.05) is 12.1 Å². The van der Waals surface area contributed by atoms with Gasteiger partial charge in [-0.2, -0.15) is 0 Å². The van der Waals surface area contributed by atoms with Crippen molar-refractivity contribution in [3.05, 3.63) is 60.2 Å². The smallest absolute Gasteiger partial charge is 0.120 e. The third-order valence-corrected chi connectivity index (χ3v) is 2.19. The SMILES string of the molecule is COc1ccc(OCc2cc#ccc2)cc1. The summed E-state index contributed by atoms with van der Waals surface area (Å²) in [5, 5.41) is 0. The first kappa shape index (κ1) is 10.4. The summed E-state index contributed by atoms with van der Waals surface area (Å²) in [5.74, 6) is 1.66. The summed E-state index contributed by atoms with van der Waals surface area (Å²) in [5.41, 5.74) is 1.08. The van der Waals surface area contributed by atoms with Gasteiger partial charge in [0.15, 0.2) is 0 Å². The fourth-order valence-electron chi connectivity index (χ4n) is 1.31. The second-order valence-electron chi connectivity index (χ2n) is 3.31. The first-order chi connectivity index (χ1) is 7.88. The van der Waals surface area contributed by atoms with E-state index in [-0.39, 0.29) is 0 Å². The van der Waals surface area contributed by atoms with Crippen molar-refractivity contribution < 1.29 is 9.47 Å². The van der Waals surface area contributed by atoms with E-state index in [1.165, 1.54) is 0 Å². The molecule has 16 heavy (non-hydrogen) atoms. The third kappa shape index (κ3) is 2.68. The average molecular weight is 212 g/mol. The van der Waals surface area contributed by atoms with Gasteiger partial charge in [0.1, 0.15) is 18.1 Å². The predicted molar refractivity (Wildman–Crippen MR) is 61.4 cm³/mol. The van der Waals surface area contributed by atoms with E-state index in [0.29, 0.717) is 6.61 Å². The molecule has 0 aliphatic rings. The van der Waals surface area contributed by atoms with E-state index in [9.17, 15) is 0 Å². The van der Waals surface area contributed by atoms with E-state index in [2.05, 4.69) is 12.1 Å². The van der Waals surface area contributed by atoms with Crippen molar-refractivity contribution in [1.82, 2.24) is 0 Å². The van der Waals surface area contributed by atoms with Gasteiger partial charge in [-0.15, -0.1) is 0 Å². The molecular formula is C14H12O2. The Kier molecular flexibility index (Phi) is 3.30. The van der Waals surface area contributed by atoms with Gasteiger partial charge in [-0.3, -0.25) is 0 Å². The summed E-state index contributed by atoms with van der Waals surface area (Å²) < 4.78 is 10.7. The van der Waals surface area contributed by atoms with E-state index in [1.807, 2.05) is 42.5 Å². The molecule has 2 nitrogen and oxygen atoms in total. The lowest BCUT2D eigenvalue weighted by atomic mass is 10.2. The minimum Gasteiger partial charge on any atom is -0.497 e. The van der Waals surface area contributed by atoms with Crippen LogP contribution < -0.4 is 9.47 Å². The van der Waals surface area contributed by atoms with Gasteiger partial charge in [0.2, 0.25) is 0 Å². The molecule has 0 N–H and O–H groups in total. The first-order valence-corrected chi connectivity index (χ1v) is 5.02. The van der Waals surface area contributed by atoms with Gasteiger partial charge in [-0.25, -0.2) is 0 Å². The molecule has 2 aromatic rings. The van der Waals surface area contributed by atoms with Crippen LogP contribution in [0.5, 0.6) is 11.5 Å². The van der Waals surface area contributed by atoms with Crippen molar-refractivity contribution in [2.45, 2.75) is 6.61 Å². The van der Waals surface area contributed by atoms with Crippen LogP contribution in [0.3, 0.4) is 0 Å². The van der Waals surface area contributed by atoms with Crippen molar-refractivity contribution in [3.63, 3.8) is 0 Å². The van der Waals surface area contributed by atoms with Crippen LogP contribution in [-0.4, -0.2) is 7.11 Å². The lowest BCUT2D eigenvalue weighted by Gasteiger charge is -2.06. The molecule has 0 aliphatic carbocycles. The van der Waals surface area contributed by atoms with Crippen LogP contribution >= 0.6 is 0 Å². The van der Waals surface area contributed by atoms with Crippen LogP contribution in [-0.2, 0) is 6.61 Å². The van der Waals surface area contributed by atoms with Crippen LogP contribution in [0.15, 0.2) is 42.5 Å². The maximum atomic E-state index is 5.60. The minimum atomic E-state index is 0.539. The molecule has 2 aromatic carbocycles. The lowest BCUT2D eigenvalue weighted by Crippen LogP contribution is -1.94. The zero-order valence-electron chi connectivity index (χ0n) is 9.07. The normalized spacial score (nSPS) is 9.31. The predicted octanol–water partition coefficient (Wildman–Crippen LogP) is 2.87. The average Bonchev–Trinajstić information content (AvgIpc) is 2.38. The topological polar surface area (TPSA) is 18.5 Å². The summed E-state index contributed by atoms with van der Waals surface area (Å²) in [7, 11) is 1.65. The van der Waals surface area contributed by atoms with Crippen molar-refractivity contribution in [3.8, 4) is 11.5 Å². The highest BCUT2D eigenvalue weighted by Gasteiger charge is 1.95. The quantitative estimate of drug-likeness (QED) is 0.775. The summed E-state index contributed by atoms with van der Waals surface area (Å²) in [4.78, 5) is 0. The molecular weight excluding hydrogens is 200 g/mol. The molecule has 0 aliphatic heterocycles. The summed E-state index contributed by atoms with van der Waals surface area (Å²) in [6, 6.07) is 18.9. The van der Waals surface area contributed by atoms with Gasteiger partial charge in [0, 0.05) is 0 Å². The molecule has 0 unspecified atom stereocenters. The summed E-state index contributed by atoms with van der Waals surface area (Å²) in [6.07, 6.45) is 0. The highest BCUT2D eigenvalue weighted by molar-refractivity contribution is 5.31. The van der Waals surface area contributed by atoms with Gasteiger partial charge < -0.3 is 9.47 Å². The second kappa shape index (κ2) is 5.09. The summed E-state index contributed by atoms with van der Waals surface area (Å²) in [6.45, 7) is 0.539. The Morgan fingerprint density at radius 2 is 1.75 bits per heavy atom. The molecule has 0 aromatic heterocycles. The minimum absolute atomic E-state index is 0.539. The second-order valence-corrected chi connectivity index (χ2v) is 3.31. The van der Waals surface area contributed by atoms with E-state index in [4.69, 9.17) is 9.47 Å². The third-order valence-electron chi connectivity index (χ3n) is 2.19. The summed E-state index contributed by atoms with van der Waals surface area (Å²) >= 11 is 0. The van der Waals surface area contributed by atoms with Gasteiger partial charge in [0.25, 0.3) is 0 Å². The van der Waals surface area contributed by atoms with Gasteiger partial charge in [0.05, 0.1) is 7.11 Å². The number of hydrogen-bond acceptors (Lipinski definition) is 2. The molecule has 0 heterocycles. The molecule has 0 saturated carbocycles. The van der Waals surface area contributed by atoms with Crippen LogP contribution in [0.2, 0.25) is 0 Å². The molecule has 2 rings (SSSR count). The lowest BCUT2D eigenvalue weighted by molar-refractivity contribution is 0.305. The van der Waals surface area contributed by atoms with Crippen molar-refractivity contribution >= 4 is 0 Å².